The zero-order valence-corrected chi connectivity index (χ0v) is 13.7. The van der Waals surface area contributed by atoms with Gasteiger partial charge in [0.15, 0.2) is 0 Å². The summed E-state index contributed by atoms with van der Waals surface area (Å²) >= 11 is 0. The molecule has 1 aromatic carbocycles. The SMILES string of the molecule is O=C(Cc1ccccc1)NCC(=O)NC1(C(=O)O)CCCCCC1. The number of rotatable bonds is 6. The monoisotopic (exact) mass is 332 g/mol. The standard InChI is InChI=1S/C18H24N2O4/c21-15(12-14-8-4-3-5-9-14)19-13-16(22)20-18(17(23)24)10-6-1-2-7-11-18/h3-5,8-9H,1-2,6-7,10-13H2,(H,19,21)(H,20,22)(H,23,24). The molecular formula is C18H24N2O4. The number of hydrogen-bond acceptors (Lipinski definition) is 3. The lowest BCUT2D eigenvalue weighted by atomic mass is 9.90. The van der Waals surface area contributed by atoms with Gasteiger partial charge in [0.2, 0.25) is 11.8 Å². The van der Waals surface area contributed by atoms with Crippen LogP contribution in [-0.4, -0.2) is 35.0 Å². The van der Waals surface area contributed by atoms with Crippen LogP contribution in [0.2, 0.25) is 0 Å². The largest absolute Gasteiger partial charge is 0.480 e. The van der Waals surface area contributed by atoms with Crippen molar-refractivity contribution in [3.8, 4) is 0 Å². The Balaban J connectivity index is 1.84. The minimum atomic E-state index is -1.20. The van der Waals surface area contributed by atoms with Crippen LogP contribution in [0.1, 0.15) is 44.1 Å². The number of carboxylic acid groups (broad SMARTS) is 1. The maximum Gasteiger partial charge on any atom is 0.329 e. The molecule has 0 bridgehead atoms. The van der Waals surface area contributed by atoms with Crippen LogP contribution in [-0.2, 0) is 20.8 Å². The van der Waals surface area contributed by atoms with Crippen LogP contribution in [0.3, 0.4) is 0 Å². The lowest BCUT2D eigenvalue weighted by Crippen LogP contribution is -2.56. The van der Waals surface area contributed by atoms with E-state index in [2.05, 4.69) is 10.6 Å². The van der Waals surface area contributed by atoms with Crippen molar-refractivity contribution in [3.05, 3.63) is 35.9 Å². The predicted molar refractivity (Wildman–Crippen MR) is 89.4 cm³/mol. The smallest absolute Gasteiger partial charge is 0.329 e. The first-order chi connectivity index (χ1) is 11.5. The molecule has 0 heterocycles. The number of amides is 2. The molecule has 6 heteroatoms. The van der Waals surface area contributed by atoms with E-state index in [1.54, 1.807) is 0 Å². The Bertz CT molecular complexity index is 578. The number of nitrogens with one attached hydrogen (secondary N) is 2. The van der Waals surface area contributed by atoms with Gasteiger partial charge in [-0.2, -0.15) is 0 Å². The van der Waals surface area contributed by atoms with Gasteiger partial charge in [0.05, 0.1) is 13.0 Å². The van der Waals surface area contributed by atoms with Crippen molar-refractivity contribution in [3.63, 3.8) is 0 Å². The number of carbonyl (C=O) groups excluding carboxylic acids is 2. The molecule has 0 aromatic heterocycles. The Morgan fingerprint density at radius 1 is 0.958 bits per heavy atom. The highest BCUT2D eigenvalue weighted by Gasteiger charge is 2.39. The zero-order valence-electron chi connectivity index (χ0n) is 13.7. The molecule has 6 nitrogen and oxygen atoms in total. The van der Waals surface area contributed by atoms with Crippen LogP contribution < -0.4 is 10.6 Å². The molecule has 0 saturated heterocycles. The minimum Gasteiger partial charge on any atom is -0.480 e. The molecule has 3 N–H and O–H groups in total. The summed E-state index contributed by atoms with van der Waals surface area (Å²) in [6.07, 6.45) is 4.60. The van der Waals surface area contributed by atoms with Crippen molar-refractivity contribution in [2.75, 3.05) is 6.54 Å². The number of hydrogen-bond donors (Lipinski definition) is 3. The molecule has 0 unspecified atom stereocenters. The lowest BCUT2D eigenvalue weighted by molar-refractivity contribution is -0.148. The Kier molecular flexibility index (Phi) is 6.35. The van der Waals surface area contributed by atoms with E-state index in [9.17, 15) is 19.5 Å². The fourth-order valence-electron chi connectivity index (χ4n) is 3.06. The number of aliphatic carboxylic acids is 1. The van der Waals surface area contributed by atoms with Gasteiger partial charge in [-0.25, -0.2) is 4.79 Å². The summed E-state index contributed by atoms with van der Waals surface area (Å²) in [5.41, 5.74) is -0.334. The van der Waals surface area contributed by atoms with Crippen molar-refractivity contribution >= 4 is 17.8 Å². The molecule has 1 aliphatic carbocycles. The summed E-state index contributed by atoms with van der Waals surface area (Å²) in [4.78, 5) is 35.6. The van der Waals surface area contributed by atoms with Gasteiger partial charge >= 0.3 is 5.97 Å². The summed E-state index contributed by atoms with van der Waals surface area (Å²) in [7, 11) is 0. The Hall–Kier alpha value is -2.37. The van der Waals surface area contributed by atoms with Crippen LogP contribution >= 0.6 is 0 Å². The maximum atomic E-state index is 12.1. The maximum absolute atomic E-state index is 12.1. The third-order valence-corrected chi connectivity index (χ3v) is 4.40. The molecule has 2 rings (SSSR count). The minimum absolute atomic E-state index is 0.193. The van der Waals surface area contributed by atoms with E-state index in [-0.39, 0.29) is 18.9 Å². The van der Waals surface area contributed by atoms with Crippen molar-refractivity contribution in [1.29, 1.82) is 0 Å². The summed E-state index contributed by atoms with van der Waals surface area (Å²) in [5.74, 6) is -1.71. The molecule has 1 fully saturated rings. The molecule has 0 atom stereocenters. The summed E-state index contributed by atoms with van der Waals surface area (Å²) < 4.78 is 0. The first-order valence-corrected chi connectivity index (χ1v) is 8.37. The predicted octanol–water partition coefficient (Wildman–Crippen LogP) is 1.64. The van der Waals surface area contributed by atoms with Gasteiger partial charge in [0.1, 0.15) is 5.54 Å². The van der Waals surface area contributed by atoms with E-state index in [0.29, 0.717) is 12.8 Å². The van der Waals surface area contributed by atoms with Crippen molar-refractivity contribution in [2.45, 2.75) is 50.5 Å². The van der Waals surface area contributed by atoms with Gasteiger partial charge in [-0.1, -0.05) is 56.0 Å². The Morgan fingerprint density at radius 2 is 1.58 bits per heavy atom. The number of carboxylic acids is 1. The normalized spacial score (nSPS) is 16.7. The Morgan fingerprint density at radius 3 is 2.17 bits per heavy atom. The van der Waals surface area contributed by atoms with E-state index >= 15 is 0 Å². The lowest BCUT2D eigenvalue weighted by Gasteiger charge is -2.29. The molecular weight excluding hydrogens is 308 g/mol. The van der Waals surface area contributed by atoms with Gasteiger partial charge in [-0.15, -0.1) is 0 Å². The van der Waals surface area contributed by atoms with Crippen LogP contribution in [0, 0.1) is 0 Å². The second-order valence-electron chi connectivity index (χ2n) is 6.29. The quantitative estimate of drug-likeness (QED) is 0.690. The van der Waals surface area contributed by atoms with E-state index in [1.165, 1.54) is 0 Å². The average Bonchev–Trinajstić information content (AvgIpc) is 2.80. The van der Waals surface area contributed by atoms with Gasteiger partial charge in [-0.05, 0) is 18.4 Å². The van der Waals surface area contributed by atoms with E-state index in [4.69, 9.17) is 0 Å². The summed E-state index contributed by atoms with van der Waals surface area (Å²) in [5, 5.41) is 14.7. The fourth-order valence-corrected chi connectivity index (χ4v) is 3.06. The third-order valence-electron chi connectivity index (χ3n) is 4.40. The van der Waals surface area contributed by atoms with Gasteiger partial charge in [-0.3, -0.25) is 9.59 Å². The van der Waals surface area contributed by atoms with Crippen LogP contribution in [0.5, 0.6) is 0 Å². The molecule has 0 aliphatic heterocycles. The molecule has 0 radical (unpaired) electrons. The fraction of sp³-hybridized carbons (Fsp3) is 0.500. The topological polar surface area (TPSA) is 95.5 Å². The van der Waals surface area contributed by atoms with Crippen molar-refractivity contribution in [1.82, 2.24) is 10.6 Å². The zero-order chi connectivity index (χ0) is 17.4. The molecule has 2 amide bonds. The molecule has 1 aliphatic rings. The van der Waals surface area contributed by atoms with Gasteiger partial charge in [0, 0.05) is 0 Å². The molecule has 1 aromatic rings. The average molecular weight is 332 g/mol. The van der Waals surface area contributed by atoms with E-state index in [0.717, 1.165) is 31.2 Å². The molecule has 0 spiro atoms. The Labute approximate surface area is 141 Å². The highest BCUT2D eigenvalue weighted by Crippen LogP contribution is 2.27. The number of benzene rings is 1. The van der Waals surface area contributed by atoms with E-state index < -0.39 is 17.4 Å². The molecule has 130 valence electrons. The number of carbonyl (C=O) groups is 3. The van der Waals surface area contributed by atoms with Crippen molar-refractivity contribution in [2.24, 2.45) is 0 Å². The highest BCUT2D eigenvalue weighted by molar-refractivity contribution is 5.90. The molecule has 24 heavy (non-hydrogen) atoms. The third kappa shape index (κ3) is 5.08. The second-order valence-corrected chi connectivity index (χ2v) is 6.29. The van der Waals surface area contributed by atoms with Crippen LogP contribution in [0.25, 0.3) is 0 Å². The van der Waals surface area contributed by atoms with E-state index in [1.807, 2.05) is 30.3 Å². The summed E-state index contributed by atoms with van der Waals surface area (Å²) in [6.45, 7) is -0.208. The second kappa shape index (κ2) is 8.47. The molecule has 1 saturated carbocycles. The summed E-state index contributed by atoms with van der Waals surface area (Å²) in [6, 6.07) is 9.23. The highest BCUT2D eigenvalue weighted by atomic mass is 16.4. The van der Waals surface area contributed by atoms with Crippen molar-refractivity contribution < 1.29 is 19.5 Å². The first-order valence-electron chi connectivity index (χ1n) is 8.37. The van der Waals surface area contributed by atoms with Crippen LogP contribution in [0.15, 0.2) is 30.3 Å². The van der Waals surface area contributed by atoms with Gasteiger partial charge < -0.3 is 15.7 Å². The first kappa shape index (κ1) is 18.0. The van der Waals surface area contributed by atoms with Crippen LogP contribution in [0.4, 0.5) is 0 Å². The van der Waals surface area contributed by atoms with Gasteiger partial charge in [0.25, 0.3) is 0 Å².